The lowest BCUT2D eigenvalue weighted by Gasteiger charge is -2.59. The van der Waals surface area contributed by atoms with Crippen LogP contribution in [0.25, 0.3) is 0 Å². The zero-order valence-electron chi connectivity index (χ0n) is 19.8. The second kappa shape index (κ2) is 9.95. The van der Waals surface area contributed by atoms with Crippen molar-refractivity contribution < 1.29 is 28.5 Å². The van der Waals surface area contributed by atoms with Crippen molar-refractivity contribution in [2.45, 2.75) is 51.4 Å². The zero-order chi connectivity index (χ0) is 23.5. The fourth-order valence-corrected chi connectivity index (χ4v) is 5.20. The molecule has 1 atom stereocenters. The van der Waals surface area contributed by atoms with E-state index in [0.717, 1.165) is 44.5 Å². The van der Waals surface area contributed by atoms with E-state index in [1.165, 1.54) is 0 Å². The quantitative estimate of drug-likeness (QED) is 0.529. The van der Waals surface area contributed by atoms with Crippen molar-refractivity contribution in [1.82, 2.24) is 15.2 Å². The summed E-state index contributed by atoms with van der Waals surface area (Å²) in [4.78, 5) is 31.7. The standard InChI is InChI=1S/C24H35N3O6/c1-4-31-21(28)11-19(17-5-6-20(30-3)25-14-17)26-22(29)18-12-24(13-18)15-27(16-24)8-7-23(2)32-9-10-33-23/h5-6,14,18-19H,4,7-13,15-16H2,1-3H3,(H,26,29)/t19-/m0/s1. The van der Waals surface area contributed by atoms with Gasteiger partial charge in [-0.2, -0.15) is 0 Å². The molecule has 1 aliphatic carbocycles. The van der Waals surface area contributed by atoms with E-state index in [0.29, 0.717) is 25.7 Å². The van der Waals surface area contributed by atoms with Crippen molar-refractivity contribution in [1.29, 1.82) is 0 Å². The Hall–Kier alpha value is -2.23. The predicted octanol–water partition coefficient (Wildman–Crippen LogP) is 2.07. The molecular formula is C24H35N3O6. The van der Waals surface area contributed by atoms with E-state index in [9.17, 15) is 9.59 Å². The molecule has 0 unspecified atom stereocenters. The lowest BCUT2D eigenvalue weighted by Crippen LogP contribution is -2.64. The average molecular weight is 462 g/mol. The Morgan fingerprint density at radius 2 is 2.00 bits per heavy atom. The van der Waals surface area contributed by atoms with Crippen LogP contribution >= 0.6 is 0 Å². The van der Waals surface area contributed by atoms with E-state index in [2.05, 4.69) is 15.2 Å². The highest BCUT2D eigenvalue weighted by atomic mass is 16.7. The first-order valence-electron chi connectivity index (χ1n) is 11.8. The van der Waals surface area contributed by atoms with Crippen LogP contribution in [-0.2, 0) is 23.8 Å². The molecule has 0 bridgehead atoms. The van der Waals surface area contributed by atoms with Crippen LogP contribution in [0.1, 0.15) is 51.1 Å². The normalized spacial score (nSPS) is 22.3. The third-order valence-corrected chi connectivity index (χ3v) is 6.99. The largest absolute Gasteiger partial charge is 0.481 e. The molecule has 1 spiro atoms. The summed E-state index contributed by atoms with van der Waals surface area (Å²) in [5.74, 6) is -0.348. The number of carbonyl (C=O) groups is 2. The fraction of sp³-hybridized carbons (Fsp3) is 0.708. The number of rotatable bonds is 10. The third kappa shape index (κ3) is 5.65. The van der Waals surface area contributed by atoms with Gasteiger partial charge in [0.2, 0.25) is 11.8 Å². The number of esters is 1. The second-order valence-electron chi connectivity index (χ2n) is 9.60. The lowest BCUT2D eigenvalue weighted by molar-refractivity contribution is -0.164. The summed E-state index contributed by atoms with van der Waals surface area (Å²) >= 11 is 0. The Morgan fingerprint density at radius 1 is 1.27 bits per heavy atom. The highest BCUT2D eigenvalue weighted by Gasteiger charge is 2.54. The summed E-state index contributed by atoms with van der Waals surface area (Å²) in [6, 6.07) is 3.07. The van der Waals surface area contributed by atoms with Gasteiger partial charge in [-0.15, -0.1) is 0 Å². The number of methoxy groups -OCH3 is 1. The minimum atomic E-state index is -0.475. The summed E-state index contributed by atoms with van der Waals surface area (Å²) in [7, 11) is 1.55. The first kappa shape index (κ1) is 23.9. The van der Waals surface area contributed by atoms with Crippen molar-refractivity contribution in [2.75, 3.05) is 46.6 Å². The predicted molar refractivity (Wildman–Crippen MR) is 119 cm³/mol. The monoisotopic (exact) mass is 461 g/mol. The molecule has 1 saturated carbocycles. The summed E-state index contributed by atoms with van der Waals surface area (Å²) < 4.78 is 21.6. The van der Waals surface area contributed by atoms with Gasteiger partial charge in [0.1, 0.15) is 0 Å². The number of hydrogen-bond donors (Lipinski definition) is 1. The van der Waals surface area contributed by atoms with Gasteiger partial charge in [0.15, 0.2) is 5.79 Å². The van der Waals surface area contributed by atoms with Crippen molar-refractivity contribution in [2.24, 2.45) is 11.3 Å². The molecule has 4 rings (SSSR count). The smallest absolute Gasteiger partial charge is 0.308 e. The summed E-state index contributed by atoms with van der Waals surface area (Å²) in [6.07, 6.45) is 4.33. The molecule has 3 aliphatic rings. The molecule has 1 aromatic heterocycles. The highest BCUT2D eigenvalue weighted by molar-refractivity contribution is 5.81. The molecule has 3 heterocycles. The second-order valence-corrected chi connectivity index (χ2v) is 9.60. The van der Waals surface area contributed by atoms with Crippen LogP contribution in [0.2, 0.25) is 0 Å². The van der Waals surface area contributed by atoms with Gasteiger partial charge in [-0.05, 0) is 37.7 Å². The van der Waals surface area contributed by atoms with Crippen LogP contribution in [0.15, 0.2) is 18.3 Å². The lowest BCUT2D eigenvalue weighted by atomic mass is 9.57. The Kier molecular flexibility index (Phi) is 7.21. The number of amides is 1. The van der Waals surface area contributed by atoms with Crippen molar-refractivity contribution in [3.63, 3.8) is 0 Å². The minimum absolute atomic E-state index is 0.00976. The van der Waals surface area contributed by atoms with Crippen molar-refractivity contribution >= 4 is 11.9 Å². The van der Waals surface area contributed by atoms with Crippen molar-refractivity contribution in [3.8, 4) is 5.88 Å². The maximum atomic E-state index is 13.0. The van der Waals surface area contributed by atoms with E-state index in [4.69, 9.17) is 18.9 Å². The SMILES string of the molecule is CCOC(=O)C[C@H](NC(=O)C1CC2(C1)CN(CCC1(C)OCCO1)C2)c1ccc(OC)nc1. The topological polar surface area (TPSA) is 99.2 Å². The molecule has 0 radical (unpaired) electrons. The number of nitrogens with zero attached hydrogens (tertiary/aromatic N) is 2. The van der Waals surface area contributed by atoms with Gasteiger partial charge in [-0.1, -0.05) is 6.07 Å². The van der Waals surface area contributed by atoms with E-state index >= 15 is 0 Å². The molecule has 9 heteroatoms. The Morgan fingerprint density at radius 3 is 2.61 bits per heavy atom. The molecule has 182 valence electrons. The molecule has 1 N–H and O–H groups in total. The fourth-order valence-electron chi connectivity index (χ4n) is 5.20. The number of carbonyl (C=O) groups excluding carboxylic acids is 2. The number of aromatic nitrogens is 1. The van der Waals surface area contributed by atoms with Crippen LogP contribution in [-0.4, -0.2) is 74.1 Å². The van der Waals surface area contributed by atoms with Crippen LogP contribution in [0.3, 0.4) is 0 Å². The summed E-state index contributed by atoms with van der Waals surface area (Å²) in [6.45, 7) is 8.39. The average Bonchev–Trinajstić information content (AvgIpc) is 3.18. The number of likely N-dealkylation sites (tertiary alicyclic amines) is 1. The molecule has 2 saturated heterocycles. The van der Waals surface area contributed by atoms with Gasteiger partial charge in [0.05, 0.1) is 39.4 Å². The Bertz CT molecular complexity index is 825. The van der Waals surface area contributed by atoms with Gasteiger partial charge < -0.3 is 29.2 Å². The summed E-state index contributed by atoms with van der Waals surface area (Å²) in [5.41, 5.74) is 1.00. The number of pyridine rings is 1. The van der Waals surface area contributed by atoms with Crippen molar-refractivity contribution in [3.05, 3.63) is 23.9 Å². The first-order chi connectivity index (χ1) is 15.8. The number of nitrogens with one attached hydrogen (secondary N) is 1. The molecule has 1 aromatic rings. The summed E-state index contributed by atoms with van der Waals surface area (Å²) in [5, 5.41) is 3.06. The molecule has 0 aromatic carbocycles. The highest BCUT2D eigenvalue weighted by Crippen LogP contribution is 2.52. The minimum Gasteiger partial charge on any atom is -0.481 e. The van der Waals surface area contributed by atoms with Gasteiger partial charge in [0.25, 0.3) is 0 Å². The molecule has 33 heavy (non-hydrogen) atoms. The Labute approximate surface area is 195 Å². The molecular weight excluding hydrogens is 426 g/mol. The molecule has 2 aliphatic heterocycles. The van der Waals surface area contributed by atoms with Crippen LogP contribution < -0.4 is 10.1 Å². The number of ether oxygens (including phenoxy) is 4. The molecule has 3 fully saturated rings. The van der Waals surface area contributed by atoms with Gasteiger partial charge in [0, 0.05) is 44.2 Å². The van der Waals surface area contributed by atoms with Gasteiger partial charge in [-0.25, -0.2) is 4.98 Å². The van der Waals surface area contributed by atoms with E-state index in [-0.39, 0.29) is 29.6 Å². The maximum Gasteiger partial charge on any atom is 0.308 e. The van der Waals surface area contributed by atoms with Crippen LogP contribution in [0.5, 0.6) is 5.88 Å². The zero-order valence-corrected chi connectivity index (χ0v) is 19.8. The van der Waals surface area contributed by atoms with Crippen LogP contribution in [0.4, 0.5) is 0 Å². The molecule has 1 amide bonds. The maximum absolute atomic E-state index is 13.0. The Balaban J connectivity index is 1.26. The van der Waals surface area contributed by atoms with Gasteiger partial charge >= 0.3 is 5.97 Å². The van der Waals surface area contributed by atoms with Crippen LogP contribution in [0, 0.1) is 11.3 Å². The van der Waals surface area contributed by atoms with E-state index in [1.807, 2.05) is 13.0 Å². The first-order valence-corrected chi connectivity index (χ1v) is 11.8. The third-order valence-electron chi connectivity index (χ3n) is 6.99. The van der Waals surface area contributed by atoms with E-state index in [1.54, 1.807) is 26.3 Å². The molecule has 9 nitrogen and oxygen atoms in total. The van der Waals surface area contributed by atoms with E-state index < -0.39 is 11.8 Å². The number of hydrogen-bond acceptors (Lipinski definition) is 8. The van der Waals surface area contributed by atoms with Gasteiger partial charge in [-0.3, -0.25) is 9.59 Å².